The monoisotopic (exact) mass is 364 g/mol. The number of terminal acetylenes is 1. The van der Waals surface area contributed by atoms with Crippen molar-refractivity contribution in [2.45, 2.75) is 6.54 Å². The Morgan fingerprint density at radius 2 is 2.25 bits per heavy atom. The molecule has 5 nitrogen and oxygen atoms in total. The van der Waals surface area contributed by atoms with Gasteiger partial charge < -0.3 is 9.84 Å². The molecule has 0 bridgehead atoms. The molecule has 0 aliphatic carbocycles. The van der Waals surface area contributed by atoms with Gasteiger partial charge in [0, 0.05) is 0 Å². The molecule has 24 heavy (non-hydrogen) atoms. The molecule has 1 aromatic carbocycles. The van der Waals surface area contributed by atoms with E-state index >= 15 is 0 Å². The summed E-state index contributed by atoms with van der Waals surface area (Å²) in [6.07, 6.45) is 5.31. The highest BCUT2D eigenvalue weighted by atomic mass is 35.5. The average molecular weight is 365 g/mol. The van der Waals surface area contributed by atoms with Gasteiger partial charge in [0.1, 0.15) is 22.0 Å². The number of nitrogens with zero attached hydrogens (tertiary/aromatic N) is 2. The number of aromatic hydroxyl groups is 1. The molecule has 0 aliphatic rings. The lowest BCUT2D eigenvalue weighted by Crippen LogP contribution is -2.22. The number of halogens is 2. The summed E-state index contributed by atoms with van der Waals surface area (Å²) in [6.45, 7) is -0.0726. The molecule has 2 heterocycles. The van der Waals surface area contributed by atoms with Crippen molar-refractivity contribution in [3.8, 4) is 35.0 Å². The molecule has 3 aromatic rings. The Balaban J connectivity index is 2.51. The maximum atomic E-state index is 14.5. The molecule has 0 saturated carbocycles. The second kappa shape index (κ2) is 6.15. The van der Waals surface area contributed by atoms with Gasteiger partial charge in [-0.25, -0.2) is 9.37 Å². The number of hydrogen-bond acceptors (Lipinski definition) is 5. The minimum atomic E-state index is -0.750. The Bertz CT molecular complexity index is 1050. The Hall–Kier alpha value is -2.56. The van der Waals surface area contributed by atoms with Crippen molar-refractivity contribution < 1.29 is 14.2 Å². The number of aromatic nitrogens is 2. The van der Waals surface area contributed by atoms with E-state index in [-0.39, 0.29) is 39.8 Å². The zero-order valence-corrected chi connectivity index (χ0v) is 13.9. The van der Waals surface area contributed by atoms with Gasteiger partial charge in [0.15, 0.2) is 5.65 Å². The largest absolute Gasteiger partial charge is 0.505 e. The summed E-state index contributed by atoms with van der Waals surface area (Å²) in [5.41, 5.74) is 0.549. The number of fused-ring (bicyclic) bond motifs is 1. The first-order chi connectivity index (χ1) is 11.5. The van der Waals surface area contributed by atoms with Crippen molar-refractivity contribution in [1.82, 2.24) is 9.55 Å². The van der Waals surface area contributed by atoms with Crippen LogP contribution in [0.4, 0.5) is 4.39 Å². The minimum Gasteiger partial charge on any atom is -0.505 e. The fourth-order valence-electron chi connectivity index (χ4n) is 2.47. The maximum Gasteiger partial charge on any atom is 0.265 e. The van der Waals surface area contributed by atoms with Crippen LogP contribution in [0.1, 0.15) is 0 Å². The van der Waals surface area contributed by atoms with E-state index in [1.165, 1.54) is 23.3 Å². The number of thiazole rings is 1. The first-order valence-electron chi connectivity index (χ1n) is 6.66. The third-order valence-corrected chi connectivity index (χ3v) is 4.60. The number of rotatable bonds is 3. The lowest BCUT2D eigenvalue weighted by Gasteiger charge is -2.14. The number of hydrogen-bond donors (Lipinski definition) is 1. The second-order valence-electron chi connectivity index (χ2n) is 4.76. The number of methoxy groups -OCH3 is 1. The van der Waals surface area contributed by atoms with Gasteiger partial charge >= 0.3 is 0 Å². The predicted octanol–water partition coefficient (Wildman–Crippen LogP) is 3.26. The maximum absolute atomic E-state index is 14.5. The van der Waals surface area contributed by atoms with Crippen LogP contribution in [0.3, 0.4) is 0 Å². The Morgan fingerprint density at radius 3 is 2.92 bits per heavy atom. The van der Waals surface area contributed by atoms with Gasteiger partial charge in [0.2, 0.25) is 0 Å². The van der Waals surface area contributed by atoms with Crippen LogP contribution in [-0.4, -0.2) is 21.8 Å². The lowest BCUT2D eigenvalue weighted by molar-refractivity contribution is 0.412. The van der Waals surface area contributed by atoms with Crippen LogP contribution in [0.2, 0.25) is 5.02 Å². The van der Waals surface area contributed by atoms with E-state index in [0.717, 1.165) is 17.4 Å². The summed E-state index contributed by atoms with van der Waals surface area (Å²) < 4.78 is 21.1. The number of benzene rings is 1. The molecule has 0 amide bonds. The molecule has 8 heteroatoms. The van der Waals surface area contributed by atoms with Gasteiger partial charge in [0.05, 0.1) is 35.3 Å². The summed E-state index contributed by atoms with van der Waals surface area (Å²) in [6, 6.07) is 2.41. The highest BCUT2D eigenvalue weighted by Gasteiger charge is 2.26. The summed E-state index contributed by atoms with van der Waals surface area (Å²) in [5.74, 6) is 1.18. The molecule has 0 atom stereocenters. The van der Waals surface area contributed by atoms with E-state index in [9.17, 15) is 14.3 Å². The fourth-order valence-corrected chi connectivity index (χ4v) is 3.44. The SMILES string of the molecule is C#CCn1c(=O)c(-c2c(F)ccc(Cl)c2OC)c(O)c2scnc21. The normalized spacial score (nSPS) is 10.8. The number of ether oxygens (including phenoxy) is 1. The van der Waals surface area contributed by atoms with E-state index in [1.807, 2.05) is 0 Å². The van der Waals surface area contributed by atoms with Crippen molar-refractivity contribution in [1.29, 1.82) is 0 Å². The van der Waals surface area contributed by atoms with Gasteiger partial charge in [-0.2, -0.15) is 0 Å². The third kappa shape index (κ3) is 2.31. The van der Waals surface area contributed by atoms with Crippen LogP contribution in [-0.2, 0) is 6.54 Å². The molecule has 0 spiro atoms. The lowest BCUT2D eigenvalue weighted by atomic mass is 10.0. The highest BCUT2D eigenvalue weighted by molar-refractivity contribution is 7.17. The van der Waals surface area contributed by atoms with E-state index in [1.54, 1.807) is 0 Å². The van der Waals surface area contributed by atoms with Crippen molar-refractivity contribution >= 4 is 33.3 Å². The zero-order chi connectivity index (χ0) is 17.4. The van der Waals surface area contributed by atoms with Crippen molar-refractivity contribution in [2.24, 2.45) is 0 Å². The first kappa shape index (κ1) is 16.3. The van der Waals surface area contributed by atoms with Crippen LogP contribution in [0.15, 0.2) is 22.4 Å². The van der Waals surface area contributed by atoms with Gasteiger partial charge in [-0.15, -0.1) is 17.8 Å². The molecule has 2 aromatic heterocycles. The smallest absolute Gasteiger partial charge is 0.265 e. The Kier molecular flexibility index (Phi) is 4.18. The van der Waals surface area contributed by atoms with Gasteiger partial charge in [-0.05, 0) is 12.1 Å². The van der Waals surface area contributed by atoms with Crippen molar-refractivity contribution in [3.63, 3.8) is 0 Å². The minimum absolute atomic E-state index is 0.0415. The molecule has 0 saturated heterocycles. The standard InChI is InChI=1S/C16H10ClFN2O3S/c1-3-6-20-15-14(24-7-19-15)12(21)11(16(20)22)10-9(18)5-4-8(17)13(10)23-2/h1,4-5,7,21H,6H2,2H3. The van der Waals surface area contributed by atoms with E-state index in [2.05, 4.69) is 10.9 Å². The van der Waals surface area contributed by atoms with Crippen LogP contribution in [0.5, 0.6) is 11.5 Å². The van der Waals surface area contributed by atoms with Crippen LogP contribution < -0.4 is 10.3 Å². The quantitative estimate of drug-likeness (QED) is 0.724. The molecule has 122 valence electrons. The molecule has 0 unspecified atom stereocenters. The molecule has 0 fully saturated rings. The molecule has 3 rings (SSSR count). The highest BCUT2D eigenvalue weighted by Crippen LogP contribution is 2.43. The van der Waals surface area contributed by atoms with Crippen molar-refractivity contribution in [3.05, 3.63) is 38.8 Å². The van der Waals surface area contributed by atoms with E-state index in [4.69, 9.17) is 22.8 Å². The van der Waals surface area contributed by atoms with Crippen molar-refractivity contribution in [2.75, 3.05) is 7.11 Å². The molecular weight excluding hydrogens is 355 g/mol. The van der Waals surface area contributed by atoms with Gasteiger partial charge in [-0.1, -0.05) is 17.5 Å². The summed E-state index contributed by atoms with van der Waals surface area (Å²) in [7, 11) is 1.30. The van der Waals surface area contributed by atoms with Crippen LogP contribution >= 0.6 is 22.9 Å². The van der Waals surface area contributed by atoms with Crippen LogP contribution in [0, 0.1) is 18.2 Å². The Morgan fingerprint density at radius 1 is 1.50 bits per heavy atom. The first-order valence-corrected chi connectivity index (χ1v) is 7.91. The zero-order valence-electron chi connectivity index (χ0n) is 12.3. The average Bonchev–Trinajstić information content (AvgIpc) is 3.04. The molecule has 0 radical (unpaired) electrons. The predicted molar refractivity (Wildman–Crippen MR) is 91.3 cm³/mol. The second-order valence-corrected chi connectivity index (χ2v) is 6.02. The van der Waals surface area contributed by atoms with E-state index in [0.29, 0.717) is 4.70 Å². The summed E-state index contributed by atoms with van der Waals surface area (Å²) >= 11 is 7.14. The molecule has 0 aliphatic heterocycles. The third-order valence-electron chi connectivity index (χ3n) is 3.48. The van der Waals surface area contributed by atoms with Crippen LogP contribution in [0.25, 0.3) is 21.5 Å². The van der Waals surface area contributed by atoms with E-state index < -0.39 is 11.4 Å². The summed E-state index contributed by atoms with van der Waals surface area (Å²) in [5, 5.41) is 10.7. The Labute approximate surface area is 144 Å². The fraction of sp³-hybridized carbons (Fsp3) is 0.125. The summed E-state index contributed by atoms with van der Waals surface area (Å²) in [4.78, 5) is 16.9. The van der Waals surface area contributed by atoms with Gasteiger partial charge in [0.25, 0.3) is 5.56 Å². The van der Waals surface area contributed by atoms with Gasteiger partial charge in [-0.3, -0.25) is 9.36 Å². The molecule has 1 N–H and O–H groups in total. The number of pyridine rings is 1. The molecular formula is C16H10ClFN2O3S. The topological polar surface area (TPSA) is 64.3 Å².